The van der Waals surface area contributed by atoms with Crippen LogP contribution in [0.25, 0.3) is 0 Å². The third kappa shape index (κ3) is 45.8. The maximum absolute atomic E-state index is 12.9. The van der Waals surface area contributed by atoms with Gasteiger partial charge in [-0.1, -0.05) is 196 Å². The third-order valence-electron chi connectivity index (χ3n) is 10.7. The number of carbonyl (C=O) groups is 1. The van der Waals surface area contributed by atoms with Gasteiger partial charge in [0.15, 0.2) is 0 Å². The molecule has 61 heavy (non-hydrogen) atoms. The summed E-state index contributed by atoms with van der Waals surface area (Å²) >= 11 is 0. The Morgan fingerprint density at radius 1 is 0.574 bits per heavy atom. The van der Waals surface area contributed by atoms with Crippen LogP contribution in [0, 0.1) is 0 Å². The summed E-state index contributed by atoms with van der Waals surface area (Å²) in [7, 11) is 1.53. The number of phosphoric ester groups is 1. The van der Waals surface area contributed by atoms with Gasteiger partial charge in [-0.05, 0) is 70.6 Å². The zero-order chi connectivity index (χ0) is 45.0. The van der Waals surface area contributed by atoms with E-state index in [-0.39, 0.29) is 19.1 Å². The van der Waals surface area contributed by atoms with Crippen LogP contribution < -0.4 is 5.32 Å². The molecule has 1 amide bonds. The normalized spacial score (nSPS) is 14.8. The monoisotopic (exact) mass is 876 g/mol. The van der Waals surface area contributed by atoms with E-state index < -0.39 is 20.0 Å². The van der Waals surface area contributed by atoms with Gasteiger partial charge >= 0.3 is 7.82 Å². The molecule has 3 N–H and O–H groups in total. The lowest BCUT2D eigenvalue weighted by atomic mass is 10.0. The molecular formula is C52H96N2O6P+. The first kappa shape index (κ1) is 58.9. The van der Waals surface area contributed by atoms with E-state index in [1.165, 1.54) is 103 Å². The lowest BCUT2D eigenvalue weighted by Gasteiger charge is -2.25. The Balaban J connectivity index is 4.43. The van der Waals surface area contributed by atoms with Crippen molar-refractivity contribution in [2.24, 2.45) is 0 Å². The van der Waals surface area contributed by atoms with E-state index in [0.29, 0.717) is 17.4 Å². The molecule has 0 aliphatic carbocycles. The number of nitrogens with one attached hydrogen (secondary N) is 1. The van der Waals surface area contributed by atoms with Crippen LogP contribution in [-0.4, -0.2) is 73.4 Å². The maximum Gasteiger partial charge on any atom is 0.472 e. The highest BCUT2D eigenvalue weighted by Gasteiger charge is 2.27. The molecule has 0 heterocycles. The van der Waals surface area contributed by atoms with Crippen molar-refractivity contribution >= 4 is 13.7 Å². The number of likely N-dealkylation sites (N-methyl/N-ethyl adjacent to an activating group) is 1. The molecular weight excluding hydrogens is 780 g/mol. The summed E-state index contributed by atoms with van der Waals surface area (Å²) in [4.78, 5) is 23.2. The summed E-state index contributed by atoms with van der Waals surface area (Å²) in [6.07, 6.45) is 58.5. The molecule has 0 rings (SSSR count). The Hall–Kier alpha value is -2.06. The minimum Gasteiger partial charge on any atom is -0.387 e. The molecule has 0 saturated carbocycles. The van der Waals surface area contributed by atoms with Gasteiger partial charge in [-0.25, -0.2) is 4.57 Å². The number of allylic oxidation sites excluding steroid dienone is 11. The number of quaternary nitrogens is 1. The minimum atomic E-state index is -4.36. The molecule has 0 bridgehead atoms. The number of carbonyl (C=O) groups excluding carboxylic acids is 1. The predicted molar refractivity (Wildman–Crippen MR) is 263 cm³/mol. The van der Waals surface area contributed by atoms with Gasteiger partial charge in [-0.15, -0.1) is 0 Å². The Labute approximate surface area is 376 Å². The highest BCUT2D eigenvalue weighted by molar-refractivity contribution is 7.47. The first-order valence-electron chi connectivity index (χ1n) is 24.8. The summed E-state index contributed by atoms with van der Waals surface area (Å²) < 4.78 is 23.6. The summed E-state index contributed by atoms with van der Waals surface area (Å²) in [6.45, 7) is 4.66. The third-order valence-corrected chi connectivity index (χ3v) is 11.6. The van der Waals surface area contributed by atoms with Crippen LogP contribution in [0.4, 0.5) is 0 Å². The second kappa shape index (κ2) is 43.2. The molecule has 0 aromatic rings. The predicted octanol–water partition coefficient (Wildman–Crippen LogP) is 14.4. The number of nitrogens with zero attached hydrogens (tertiary/aromatic N) is 1. The first-order chi connectivity index (χ1) is 29.5. The Morgan fingerprint density at radius 2 is 1.00 bits per heavy atom. The summed E-state index contributed by atoms with van der Waals surface area (Å²) in [6, 6.07) is -0.880. The fourth-order valence-corrected chi connectivity index (χ4v) is 7.49. The van der Waals surface area contributed by atoms with E-state index in [9.17, 15) is 19.4 Å². The topological polar surface area (TPSA) is 105 Å². The van der Waals surface area contributed by atoms with E-state index >= 15 is 0 Å². The number of aliphatic hydroxyl groups excluding tert-OH is 1. The summed E-state index contributed by atoms with van der Waals surface area (Å²) in [5, 5.41) is 13.8. The van der Waals surface area contributed by atoms with Crippen molar-refractivity contribution in [3.8, 4) is 0 Å². The van der Waals surface area contributed by atoms with Crippen molar-refractivity contribution in [2.45, 2.75) is 212 Å². The van der Waals surface area contributed by atoms with E-state index in [1.54, 1.807) is 6.08 Å². The smallest absolute Gasteiger partial charge is 0.387 e. The average molecular weight is 876 g/mol. The van der Waals surface area contributed by atoms with Crippen molar-refractivity contribution in [1.29, 1.82) is 0 Å². The van der Waals surface area contributed by atoms with Crippen molar-refractivity contribution in [3.05, 3.63) is 72.9 Å². The largest absolute Gasteiger partial charge is 0.472 e. The Bertz CT molecular complexity index is 1220. The van der Waals surface area contributed by atoms with Gasteiger partial charge in [0, 0.05) is 6.42 Å². The quantitative estimate of drug-likeness (QED) is 0.0244. The molecule has 0 saturated heterocycles. The second-order valence-corrected chi connectivity index (χ2v) is 19.3. The van der Waals surface area contributed by atoms with E-state index in [4.69, 9.17) is 9.05 Å². The molecule has 3 unspecified atom stereocenters. The van der Waals surface area contributed by atoms with Gasteiger partial charge in [0.1, 0.15) is 13.2 Å². The lowest BCUT2D eigenvalue weighted by Crippen LogP contribution is -2.45. The molecule has 3 atom stereocenters. The van der Waals surface area contributed by atoms with Crippen LogP contribution in [0.15, 0.2) is 72.9 Å². The van der Waals surface area contributed by atoms with Gasteiger partial charge in [0.05, 0.1) is 39.9 Å². The SMILES string of the molecule is CC/C=C\C/C=C\C/C=C\C/C=C\CCCCCCC(=O)NC(COP(=O)(O)OCC[N+](C)(C)C)C(O)/C=C/CC/C=C/CCCCCCCCCCCCCCCCCC. The maximum atomic E-state index is 12.9. The van der Waals surface area contributed by atoms with Gasteiger partial charge in [0.2, 0.25) is 5.91 Å². The van der Waals surface area contributed by atoms with Gasteiger partial charge in [-0.2, -0.15) is 0 Å². The number of aliphatic hydroxyl groups is 1. The van der Waals surface area contributed by atoms with Crippen LogP contribution >= 0.6 is 7.82 Å². The van der Waals surface area contributed by atoms with Crippen molar-refractivity contribution in [2.75, 3.05) is 40.9 Å². The fourth-order valence-electron chi connectivity index (χ4n) is 6.75. The van der Waals surface area contributed by atoms with Crippen LogP contribution in [0.3, 0.4) is 0 Å². The number of hydrogen-bond donors (Lipinski definition) is 3. The van der Waals surface area contributed by atoms with E-state index in [2.05, 4.69) is 79.9 Å². The number of hydrogen-bond acceptors (Lipinski definition) is 5. The van der Waals surface area contributed by atoms with Crippen LogP contribution in [0.5, 0.6) is 0 Å². The number of amides is 1. The number of rotatable bonds is 44. The zero-order valence-electron chi connectivity index (χ0n) is 40.1. The van der Waals surface area contributed by atoms with Gasteiger partial charge in [-0.3, -0.25) is 13.8 Å². The van der Waals surface area contributed by atoms with Crippen LogP contribution in [-0.2, 0) is 18.4 Å². The highest BCUT2D eigenvalue weighted by Crippen LogP contribution is 2.43. The van der Waals surface area contributed by atoms with Crippen LogP contribution in [0.2, 0.25) is 0 Å². The van der Waals surface area contributed by atoms with Crippen molar-refractivity contribution < 1.29 is 32.9 Å². The zero-order valence-corrected chi connectivity index (χ0v) is 41.0. The van der Waals surface area contributed by atoms with E-state index in [1.807, 2.05) is 27.2 Å². The van der Waals surface area contributed by atoms with Gasteiger partial charge < -0.3 is 19.8 Å². The number of phosphoric acid groups is 1. The second-order valence-electron chi connectivity index (χ2n) is 17.8. The molecule has 8 nitrogen and oxygen atoms in total. The first-order valence-corrected chi connectivity index (χ1v) is 26.3. The molecule has 9 heteroatoms. The molecule has 0 spiro atoms. The Morgan fingerprint density at radius 3 is 1.51 bits per heavy atom. The molecule has 0 aromatic carbocycles. The highest BCUT2D eigenvalue weighted by atomic mass is 31.2. The fraction of sp³-hybridized carbons (Fsp3) is 0.750. The standard InChI is InChI=1S/C52H95N2O6P/c1-6-8-10-12-14-16-18-20-22-24-25-26-27-28-30-31-33-35-37-39-41-43-45-51(55)50(49-60-61(57,58)59-48-47-54(3,4)5)53-52(56)46-44-42-40-38-36-34-32-29-23-21-19-17-15-13-11-9-7-2/h9,11,15,17,21,23,32,34-35,37,43,45,50-51,55H,6-8,10,12-14,16,18-20,22,24-31,33,36,38-42,44,46-49H2,1-5H3,(H-,53,56,57,58)/p+1/b11-9-,17-15-,23-21-,34-32-,37-35+,45-43+. The number of unbranched alkanes of at least 4 members (excludes halogenated alkanes) is 21. The van der Waals surface area contributed by atoms with E-state index in [0.717, 1.165) is 77.0 Å². The van der Waals surface area contributed by atoms with Crippen molar-refractivity contribution in [3.63, 3.8) is 0 Å². The molecule has 0 aromatic heterocycles. The summed E-state index contributed by atoms with van der Waals surface area (Å²) in [5.41, 5.74) is 0. The molecule has 0 aliphatic rings. The molecule has 0 radical (unpaired) electrons. The summed E-state index contributed by atoms with van der Waals surface area (Å²) in [5.74, 6) is -0.212. The minimum absolute atomic E-state index is 0.0477. The lowest BCUT2D eigenvalue weighted by molar-refractivity contribution is -0.870. The molecule has 354 valence electrons. The molecule has 0 fully saturated rings. The van der Waals surface area contributed by atoms with Crippen molar-refractivity contribution in [1.82, 2.24) is 5.32 Å². The Kier molecular flexibility index (Phi) is 41.7. The van der Waals surface area contributed by atoms with Crippen LogP contribution in [0.1, 0.15) is 200 Å². The molecule has 0 aliphatic heterocycles. The average Bonchev–Trinajstić information content (AvgIpc) is 3.21. The van der Waals surface area contributed by atoms with Gasteiger partial charge in [0.25, 0.3) is 0 Å².